The van der Waals surface area contributed by atoms with Crippen LogP contribution in [0.4, 0.5) is 5.69 Å². The predicted octanol–water partition coefficient (Wildman–Crippen LogP) is 2.89. The van der Waals surface area contributed by atoms with Crippen molar-refractivity contribution in [3.05, 3.63) is 60.2 Å². The van der Waals surface area contributed by atoms with E-state index in [1.54, 1.807) is 17.0 Å². The van der Waals surface area contributed by atoms with Crippen LogP contribution in [0.3, 0.4) is 0 Å². The summed E-state index contributed by atoms with van der Waals surface area (Å²) in [6.45, 7) is 2.10. The van der Waals surface area contributed by atoms with Gasteiger partial charge in [-0.1, -0.05) is 36.8 Å². The van der Waals surface area contributed by atoms with Gasteiger partial charge in [0.1, 0.15) is 0 Å². The van der Waals surface area contributed by atoms with E-state index in [4.69, 9.17) is 0 Å². The Morgan fingerprint density at radius 2 is 1.66 bits per heavy atom. The molecule has 170 valence electrons. The Morgan fingerprint density at radius 1 is 0.969 bits per heavy atom. The minimum Gasteiger partial charge on any atom is -0.342 e. The van der Waals surface area contributed by atoms with Gasteiger partial charge in [0.25, 0.3) is 0 Å². The molecule has 2 aliphatic heterocycles. The van der Waals surface area contributed by atoms with Gasteiger partial charge in [-0.15, -0.1) is 0 Å². The largest absolute Gasteiger partial charge is 0.342 e. The van der Waals surface area contributed by atoms with Gasteiger partial charge >= 0.3 is 0 Å². The first kappa shape index (κ1) is 22.5. The fourth-order valence-electron chi connectivity index (χ4n) is 4.28. The van der Waals surface area contributed by atoms with E-state index >= 15 is 0 Å². The van der Waals surface area contributed by atoms with Crippen molar-refractivity contribution in [2.45, 2.75) is 37.0 Å². The number of piperidine rings is 1. The molecule has 0 aromatic heterocycles. The second-order valence-corrected chi connectivity index (χ2v) is 10.4. The third-order valence-electron chi connectivity index (χ3n) is 6.17. The molecule has 4 rings (SSSR count). The minimum absolute atomic E-state index is 0.0101. The maximum absolute atomic E-state index is 12.8. The van der Waals surface area contributed by atoms with Crippen molar-refractivity contribution in [2.75, 3.05) is 31.5 Å². The van der Waals surface area contributed by atoms with Crippen molar-refractivity contribution in [2.24, 2.45) is 5.92 Å². The number of nitrogens with zero attached hydrogens (tertiary/aromatic N) is 2. The average Bonchev–Trinajstić information content (AvgIpc) is 3.20. The molecule has 0 spiro atoms. The molecule has 7 nitrogen and oxygen atoms in total. The smallest absolute Gasteiger partial charge is 0.243 e. The molecule has 2 heterocycles. The lowest BCUT2D eigenvalue weighted by molar-refractivity contribution is -0.128. The Hall–Kier alpha value is -2.71. The number of anilines is 1. The van der Waals surface area contributed by atoms with Crippen molar-refractivity contribution in [3.63, 3.8) is 0 Å². The third kappa shape index (κ3) is 5.19. The summed E-state index contributed by atoms with van der Waals surface area (Å²) in [4.78, 5) is 27.0. The van der Waals surface area contributed by atoms with Crippen LogP contribution < -0.4 is 5.32 Å². The van der Waals surface area contributed by atoms with E-state index in [9.17, 15) is 18.0 Å². The van der Waals surface area contributed by atoms with Gasteiger partial charge < -0.3 is 10.2 Å². The van der Waals surface area contributed by atoms with Crippen LogP contribution in [0.25, 0.3) is 0 Å². The Balaban J connectivity index is 1.32. The predicted molar refractivity (Wildman–Crippen MR) is 123 cm³/mol. The number of carbonyl (C=O) groups is 2. The molecule has 1 N–H and O–H groups in total. The summed E-state index contributed by atoms with van der Waals surface area (Å²) in [5, 5.41) is 2.83. The summed E-state index contributed by atoms with van der Waals surface area (Å²) in [5.74, 6) is -0.633. The number of benzene rings is 2. The summed E-state index contributed by atoms with van der Waals surface area (Å²) >= 11 is 0. The molecule has 0 bridgehead atoms. The molecule has 2 aromatic rings. The molecule has 0 unspecified atom stereocenters. The monoisotopic (exact) mass is 455 g/mol. The topological polar surface area (TPSA) is 86.8 Å². The lowest BCUT2D eigenvalue weighted by atomic mass is 10.1. The normalized spacial score (nSPS) is 19.8. The van der Waals surface area contributed by atoms with Gasteiger partial charge in [0.05, 0.1) is 10.8 Å². The number of likely N-dealkylation sites (tertiary alicyclic amines) is 1. The average molecular weight is 456 g/mol. The number of hydrogen-bond acceptors (Lipinski definition) is 4. The van der Waals surface area contributed by atoms with Crippen molar-refractivity contribution >= 4 is 27.5 Å². The van der Waals surface area contributed by atoms with Gasteiger partial charge in [0, 0.05) is 38.3 Å². The fourth-order valence-corrected chi connectivity index (χ4v) is 5.80. The summed E-state index contributed by atoms with van der Waals surface area (Å²) < 4.78 is 27.0. The fraction of sp³-hybridized carbons (Fsp3) is 0.417. The van der Waals surface area contributed by atoms with E-state index in [0.717, 1.165) is 31.2 Å². The van der Waals surface area contributed by atoms with Gasteiger partial charge in [0.2, 0.25) is 21.8 Å². The highest BCUT2D eigenvalue weighted by Crippen LogP contribution is 2.24. The second kappa shape index (κ2) is 9.83. The van der Waals surface area contributed by atoms with E-state index in [1.807, 2.05) is 30.3 Å². The molecule has 0 aliphatic carbocycles. The van der Waals surface area contributed by atoms with Crippen LogP contribution in [-0.2, 0) is 26.0 Å². The lowest BCUT2D eigenvalue weighted by Crippen LogP contribution is -2.35. The van der Waals surface area contributed by atoms with Crippen LogP contribution >= 0.6 is 0 Å². The van der Waals surface area contributed by atoms with Crippen LogP contribution in [0.15, 0.2) is 59.5 Å². The molecule has 8 heteroatoms. The molecule has 2 aliphatic rings. The van der Waals surface area contributed by atoms with Crippen molar-refractivity contribution in [1.29, 1.82) is 0 Å². The molecule has 32 heavy (non-hydrogen) atoms. The molecule has 2 amide bonds. The minimum atomic E-state index is -3.50. The molecule has 2 fully saturated rings. The molecule has 2 saturated heterocycles. The number of amides is 2. The number of sulfonamides is 1. The highest BCUT2D eigenvalue weighted by Gasteiger charge is 2.34. The van der Waals surface area contributed by atoms with Gasteiger partial charge in [-0.2, -0.15) is 4.31 Å². The maximum Gasteiger partial charge on any atom is 0.243 e. The lowest BCUT2D eigenvalue weighted by Gasteiger charge is -2.25. The van der Waals surface area contributed by atoms with E-state index in [-0.39, 0.29) is 23.1 Å². The quantitative estimate of drug-likeness (QED) is 0.696. The van der Waals surface area contributed by atoms with Crippen molar-refractivity contribution < 1.29 is 18.0 Å². The standard InChI is InChI=1S/C24H29N3O4S/c28-23-17-20(18-26(23)16-13-19-7-3-1-4-8-19)24(29)25-21-9-11-22(12-10-21)32(30,31)27-14-5-2-6-15-27/h1,3-4,7-12,20H,2,5-6,13-18H2,(H,25,29)/t20-/m1/s1. The first-order valence-corrected chi connectivity index (χ1v) is 12.6. The van der Waals surface area contributed by atoms with Crippen LogP contribution in [0.2, 0.25) is 0 Å². The zero-order valence-corrected chi connectivity index (χ0v) is 18.9. The van der Waals surface area contributed by atoms with Crippen molar-refractivity contribution in [3.8, 4) is 0 Å². The highest BCUT2D eigenvalue weighted by atomic mass is 32.2. The van der Waals surface area contributed by atoms with Crippen LogP contribution in [-0.4, -0.2) is 55.6 Å². The second-order valence-electron chi connectivity index (χ2n) is 8.45. The Labute approximate surface area is 189 Å². The van der Waals surface area contributed by atoms with Crippen LogP contribution in [0, 0.1) is 5.92 Å². The highest BCUT2D eigenvalue weighted by molar-refractivity contribution is 7.89. The zero-order valence-electron chi connectivity index (χ0n) is 18.1. The first-order valence-electron chi connectivity index (χ1n) is 11.2. The van der Waals surface area contributed by atoms with Crippen molar-refractivity contribution in [1.82, 2.24) is 9.21 Å². The number of carbonyl (C=O) groups excluding carboxylic acids is 2. The van der Waals surface area contributed by atoms with Gasteiger partial charge in [0.15, 0.2) is 0 Å². The van der Waals surface area contributed by atoms with E-state index in [1.165, 1.54) is 16.4 Å². The van der Waals surface area contributed by atoms with Gasteiger partial charge in [-0.25, -0.2) is 8.42 Å². The first-order chi connectivity index (χ1) is 15.4. The van der Waals surface area contributed by atoms with E-state index < -0.39 is 15.9 Å². The molecule has 0 radical (unpaired) electrons. The van der Waals surface area contributed by atoms with Crippen LogP contribution in [0.5, 0.6) is 0 Å². The Kier molecular flexibility index (Phi) is 6.91. The SMILES string of the molecule is O=C(Nc1ccc(S(=O)(=O)N2CCCCC2)cc1)[C@@H]1CC(=O)N(CCc2ccccc2)C1. The zero-order chi connectivity index (χ0) is 22.6. The van der Waals surface area contributed by atoms with E-state index in [0.29, 0.717) is 31.9 Å². The summed E-state index contributed by atoms with van der Waals surface area (Å²) in [6.07, 6.45) is 3.78. The van der Waals surface area contributed by atoms with E-state index in [2.05, 4.69) is 5.32 Å². The van der Waals surface area contributed by atoms with Gasteiger partial charge in [-0.3, -0.25) is 9.59 Å². The number of hydrogen-bond donors (Lipinski definition) is 1. The molecule has 1 atom stereocenters. The maximum atomic E-state index is 12.8. The van der Waals surface area contributed by atoms with Gasteiger partial charge in [-0.05, 0) is 49.1 Å². The number of nitrogens with one attached hydrogen (secondary N) is 1. The summed E-state index contributed by atoms with van der Waals surface area (Å²) in [6, 6.07) is 16.2. The summed E-state index contributed by atoms with van der Waals surface area (Å²) in [7, 11) is -3.50. The third-order valence-corrected chi connectivity index (χ3v) is 8.09. The molecular weight excluding hydrogens is 426 g/mol. The molecule has 2 aromatic carbocycles. The summed E-state index contributed by atoms with van der Waals surface area (Å²) in [5.41, 5.74) is 1.69. The molecule has 0 saturated carbocycles. The Morgan fingerprint density at radius 3 is 2.34 bits per heavy atom. The number of rotatable bonds is 7. The van der Waals surface area contributed by atoms with Crippen LogP contribution in [0.1, 0.15) is 31.2 Å². The Bertz CT molecular complexity index is 1050. The molecular formula is C24H29N3O4S.